The van der Waals surface area contributed by atoms with Gasteiger partial charge in [-0.1, -0.05) is 19.8 Å². The van der Waals surface area contributed by atoms with Gasteiger partial charge in [-0.05, 0) is 63.1 Å². The molecule has 5 heteroatoms. The molecule has 1 aliphatic rings. The van der Waals surface area contributed by atoms with Crippen LogP contribution in [0.25, 0.3) is 0 Å². The Morgan fingerprint density at radius 1 is 1.33 bits per heavy atom. The standard InChI is InChI=1S/C13H17Br2NOS/c1-8-3-2-4-9(6-5-8)16-13(17)11-7-10(14)12(15)18-11/h7-9H,2-6H2,1H3,(H,16,17). The summed E-state index contributed by atoms with van der Waals surface area (Å²) < 4.78 is 1.93. The van der Waals surface area contributed by atoms with Crippen LogP contribution in [0.5, 0.6) is 0 Å². The average molecular weight is 395 g/mol. The smallest absolute Gasteiger partial charge is 0.261 e. The Hall–Kier alpha value is 0.130. The molecule has 2 unspecified atom stereocenters. The van der Waals surface area contributed by atoms with Crippen molar-refractivity contribution in [1.82, 2.24) is 5.32 Å². The van der Waals surface area contributed by atoms with Gasteiger partial charge in [-0.3, -0.25) is 4.79 Å². The minimum absolute atomic E-state index is 0.0611. The molecule has 1 amide bonds. The molecule has 2 rings (SSSR count). The first-order chi connectivity index (χ1) is 8.56. The van der Waals surface area contributed by atoms with Gasteiger partial charge < -0.3 is 5.32 Å². The van der Waals surface area contributed by atoms with Crippen molar-refractivity contribution in [3.05, 3.63) is 19.2 Å². The van der Waals surface area contributed by atoms with E-state index in [4.69, 9.17) is 0 Å². The molecule has 18 heavy (non-hydrogen) atoms. The summed E-state index contributed by atoms with van der Waals surface area (Å²) in [6.45, 7) is 2.30. The summed E-state index contributed by atoms with van der Waals surface area (Å²) in [6.07, 6.45) is 5.97. The molecular weight excluding hydrogens is 378 g/mol. The Bertz CT molecular complexity index is 413. The van der Waals surface area contributed by atoms with Crippen LogP contribution in [-0.4, -0.2) is 11.9 Å². The highest BCUT2D eigenvalue weighted by Gasteiger charge is 2.19. The summed E-state index contributed by atoms with van der Waals surface area (Å²) in [5.41, 5.74) is 0. The summed E-state index contributed by atoms with van der Waals surface area (Å²) in [5, 5.41) is 3.17. The number of amides is 1. The molecule has 0 radical (unpaired) electrons. The van der Waals surface area contributed by atoms with Crippen LogP contribution >= 0.6 is 43.2 Å². The molecule has 1 aromatic heterocycles. The largest absolute Gasteiger partial charge is 0.349 e. The maximum Gasteiger partial charge on any atom is 0.261 e. The lowest BCUT2D eigenvalue weighted by molar-refractivity contribution is 0.0937. The molecule has 1 aliphatic carbocycles. The van der Waals surface area contributed by atoms with Gasteiger partial charge >= 0.3 is 0 Å². The number of thiophene rings is 1. The molecule has 100 valence electrons. The van der Waals surface area contributed by atoms with Crippen LogP contribution in [0, 0.1) is 5.92 Å². The van der Waals surface area contributed by atoms with E-state index in [0.717, 1.165) is 31.9 Å². The minimum Gasteiger partial charge on any atom is -0.349 e. The fourth-order valence-electron chi connectivity index (χ4n) is 2.35. The third-order valence-electron chi connectivity index (χ3n) is 3.46. The third kappa shape index (κ3) is 3.81. The van der Waals surface area contributed by atoms with E-state index in [1.165, 1.54) is 30.6 Å². The molecular formula is C13H17Br2NOS. The second kappa shape index (κ2) is 6.53. The topological polar surface area (TPSA) is 29.1 Å². The fraction of sp³-hybridized carbons (Fsp3) is 0.615. The molecule has 2 atom stereocenters. The molecule has 1 saturated carbocycles. The zero-order valence-electron chi connectivity index (χ0n) is 10.3. The van der Waals surface area contributed by atoms with Crippen molar-refractivity contribution in [3.63, 3.8) is 0 Å². The lowest BCUT2D eigenvalue weighted by atomic mass is 10.0. The number of hydrogen-bond donors (Lipinski definition) is 1. The van der Waals surface area contributed by atoms with Gasteiger partial charge in [0.05, 0.1) is 8.66 Å². The van der Waals surface area contributed by atoms with E-state index in [1.54, 1.807) is 0 Å². The van der Waals surface area contributed by atoms with Gasteiger partial charge in [0.1, 0.15) is 0 Å². The molecule has 1 fully saturated rings. The molecule has 1 heterocycles. The Balaban J connectivity index is 1.94. The number of nitrogens with one attached hydrogen (secondary N) is 1. The lowest BCUT2D eigenvalue weighted by Crippen LogP contribution is -2.33. The first kappa shape index (κ1) is 14.5. The van der Waals surface area contributed by atoms with Crippen LogP contribution in [0.4, 0.5) is 0 Å². The van der Waals surface area contributed by atoms with Crippen LogP contribution < -0.4 is 5.32 Å². The molecule has 0 saturated heterocycles. The van der Waals surface area contributed by atoms with Crippen molar-refractivity contribution in [3.8, 4) is 0 Å². The van der Waals surface area contributed by atoms with Crippen molar-refractivity contribution >= 4 is 49.1 Å². The van der Waals surface area contributed by atoms with E-state index in [-0.39, 0.29) is 5.91 Å². The number of halogens is 2. The second-order valence-electron chi connectivity index (χ2n) is 5.02. The van der Waals surface area contributed by atoms with Gasteiger partial charge in [0.25, 0.3) is 5.91 Å². The van der Waals surface area contributed by atoms with Crippen molar-refractivity contribution in [2.24, 2.45) is 5.92 Å². The minimum atomic E-state index is 0.0611. The van der Waals surface area contributed by atoms with Crippen molar-refractivity contribution in [2.75, 3.05) is 0 Å². The lowest BCUT2D eigenvalue weighted by Gasteiger charge is -2.15. The van der Waals surface area contributed by atoms with Gasteiger partial charge in [0.15, 0.2) is 0 Å². The zero-order valence-corrected chi connectivity index (χ0v) is 14.3. The Labute approximate surface area is 129 Å². The van der Waals surface area contributed by atoms with Crippen LogP contribution in [0.3, 0.4) is 0 Å². The van der Waals surface area contributed by atoms with E-state index in [9.17, 15) is 4.79 Å². The quantitative estimate of drug-likeness (QED) is 0.704. The molecule has 2 nitrogen and oxygen atoms in total. The number of carbonyl (C=O) groups is 1. The predicted molar refractivity (Wildman–Crippen MR) is 83.2 cm³/mol. The summed E-state index contributed by atoms with van der Waals surface area (Å²) in [5.74, 6) is 0.864. The first-order valence-corrected chi connectivity index (χ1v) is 8.72. The Morgan fingerprint density at radius 2 is 2.11 bits per heavy atom. The van der Waals surface area contributed by atoms with Crippen LogP contribution in [0.1, 0.15) is 48.7 Å². The van der Waals surface area contributed by atoms with E-state index in [1.807, 2.05) is 6.07 Å². The van der Waals surface area contributed by atoms with Crippen LogP contribution in [0.15, 0.2) is 14.3 Å². The number of carbonyl (C=O) groups excluding carboxylic acids is 1. The maximum atomic E-state index is 12.1. The number of hydrogen-bond acceptors (Lipinski definition) is 2. The van der Waals surface area contributed by atoms with Crippen molar-refractivity contribution in [1.29, 1.82) is 0 Å². The predicted octanol–water partition coefficient (Wildman–Crippen LogP) is 4.97. The first-order valence-electron chi connectivity index (χ1n) is 6.32. The molecule has 0 bridgehead atoms. The normalized spacial score (nSPS) is 24.6. The van der Waals surface area contributed by atoms with Gasteiger partial charge in [-0.25, -0.2) is 0 Å². The van der Waals surface area contributed by atoms with Crippen molar-refractivity contribution in [2.45, 2.75) is 45.1 Å². The fourth-order valence-corrected chi connectivity index (χ4v) is 4.29. The molecule has 0 spiro atoms. The molecule has 1 aromatic rings. The van der Waals surface area contributed by atoms with Gasteiger partial charge in [0.2, 0.25) is 0 Å². The van der Waals surface area contributed by atoms with Gasteiger partial charge in [-0.15, -0.1) is 11.3 Å². The average Bonchev–Trinajstić information content (AvgIpc) is 2.54. The van der Waals surface area contributed by atoms with Gasteiger partial charge in [-0.2, -0.15) is 0 Å². The Morgan fingerprint density at radius 3 is 2.78 bits per heavy atom. The zero-order chi connectivity index (χ0) is 13.1. The molecule has 1 N–H and O–H groups in total. The molecule has 0 aliphatic heterocycles. The second-order valence-corrected chi connectivity index (χ2v) is 8.24. The highest BCUT2D eigenvalue weighted by Crippen LogP contribution is 2.32. The molecule has 0 aromatic carbocycles. The Kier molecular flexibility index (Phi) is 5.27. The number of rotatable bonds is 2. The third-order valence-corrected chi connectivity index (χ3v) is 6.72. The highest BCUT2D eigenvalue weighted by molar-refractivity contribution is 9.13. The van der Waals surface area contributed by atoms with E-state index < -0.39 is 0 Å². The summed E-state index contributed by atoms with van der Waals surface area (Å²) in [7, 11) is 0. The summed E-state index contributed by atoms with van der Waals surface area (Å²) >= 11 is 8.31. The maximum absolute atomic E-state index is 12.1. The van der Waals surface area contributed by atoms with E-state index in [2.05, 4.69) is 44.1 Å². The van der Waals surface area contributed by atoms with E-state index in [0.29, 0.717) is 6.04 Å². The SMILES string of the molecule is CC1CCCC(NC(=O)c2cc(Br)c(Br)s2)CC1. The summed E-state index contributed by atoms with van der Waals surface area (Å²) in [4.78, 5) is 12.9. The van der Waals surface area contributed by atoms with Crippen LogP contribution in [0.2, 0.25) is 0 Å². The van der Waals surface area contributed by atoms with E-state index >= 15 is 0 Å². The monoisotopic (exact) mass is 393 g/mol. The highest BCUT2D eigenvalue weighted by atomic mass is 79.9. The summed E-state index contributed by atoms with van der Waals surface area (Å²) in [6, 6.07) is 2.23. The van der Waals surface area contributed by atoms with Crippen LogP contribution in [-0.2, 0) is 0 Å². The van der Waals surface area contributed by atoms with Crippen molar-refractivity contribution < 1.29 is 4.79 Å². The van der Waals surface area contributed by atoms with Gasteiger partial charge in [0, 0.05) is 10.5 Å².